The van der Waals surface area contributed by atoms with Gasteiger partial charge in [0.15, 0.2) is 0 Å². The summed E-state index contributed by atoms with van der Waals surface area (Å²) in [4.78, 5) is 21.3. The molecule has 1 saturated heterocycles. The molecule has 1 amide bonds. The molecule has 1 aliphatic rings. The molecule has 0 radical (unpaired) electrons. The average molecular weight is 390 g/mol. The molecule has 1 N–H and O–H groups in total. The van der Waals surface area contributed by atoms with Crippen molar-refractivity contribution in [1.29, 1.82) is 0 Å². The van der Waals surface area contributed by atoms with Gasteiger partial charge in [0.1, 0.15) is 11.5 Å². The number of amides is 1. The smallest absolute Gasteiger partial charge is 0.274 e. The van der Waals surface area contributed by atoms with Crippen molar-refractivity contribution in [3.63, 3.8) is 0 Å². The third kappa shape index (κ3) is 4.54. The van der Waals surface area contributed by atoms with Crippen molar-refractivity contribution in [2.45, 2.75) is 6.92 Å². The van der Waals surface area contributed by atoms with Gasteiger partial charge in [-0.1, -0.05) is 17.7 Å². The number of aromatic nitrogens is 1. The molecule has 29 heavy (non-hydrogen) atoms. The summed E-state index contributed by atoms with van der Waals surface area (Å²) in [7, 11) is 0. The van der Waals surface area contributed by atoms with Crippen LogP contribution in [0.5, 0.6) is 0 Å². The van der Waals surface area contributed by atoms with Gasteiger partial charge in [-0.3, -0.25) is 9.78 Å². The van der Waals surface area contributed by atoms with Gasteiger partial charge in [0, 0.05) is 49.4 Å². The van der Waals surface area contributed by atoms with Crippen molar-refractivity contribution in [2.24, 2.45) is 0 Å². The second kappa shape index (κ2) is 8.31. The van der Waals surface area contributed by atoms with Gasteiger partial charge in [-0.05, 0) is 55.5 Å². The zero-order chi connectivity index (χ0) is 20.2. The summed E-state index contributed by atoms with van der Waals surface area (Å²) in [6.45, 7) is 5.31. The highest BCUT2D eigenvalue weighted by molar-refractivity contribution is 6.03. The van der Waals surface area contributed by atoms with Crippen molar-refractivity contribution < 1.29 is 9.18 Å². The van der Waals surface area contributed by atoms with Crippen LogP contribution >= 0.6 is 0 Å². The van der Waals surface area contributed by atoms with Crippen LogP contribution in [-0.4, -0.2) is 37.1 Å². The summed E-state index contributed by atoms with van der Waals surface area (Å²) >= 11 is 0. The number of anilines is 3. The molecule has 0 atom stereocenters. The lowest BCUT2D eigenvalue weighted by atomic mass is 10.2. The molecule has 0 spiro atoms. The predicted octanol–water partition coefficient (Wildman–Crippen LogP) is 4.11. The number of rotatable bonds is 4. The maximum atomic E-state index is 13.1. The molecule has 6 heteroatoms. The van der Waals surface area contributed by atoms with Crippen LogP contribution in [0.4, 0.5) is 21.5 Å². The Morgan fingerprint density at radius 3 is 2.17 bits per heavy atom. The summed E-state index contributed by atoms with van der Waals surface area (Å²) in [6, 6.07) is 18.0. The Labute approximate surface area is 169 Å². The number of hydrogen-bond donors (Lipinski definition) is 1. The van der Waals surface area contributed by atoms with E-state index in [2.05, 4.69) is 20.1 Å². The van der Waals surface area contributed by atoms with E-state index in [0.29, 0.717) is 5.69 Å². The standard InChI is InChI=1S/C23H23FN4O/c1-17-2-6-19(7-3-17)26-23(29)22-16-21(10-11-25-22)28-14-12-27(13-15-28)20-8-4-18(24)5-9-20/h2-11,16H,12-15H2,1H3,(H,26,29). The number of aryl methyl sites for hydroxylation is 1. The van der Waals surface area contributed by atoms with E-state index in [9.17, 15) is 9.18 Å². The summed E-state index contributed by atoms with van der Waals surface area (Å²) in [5.41, 5.74) is 4.29. The lowest BCUT2D eigenvalue weighted by molar-refractivity contribution is 0.102. The molecule has 3 aromatic rings. The van der Waals surface area contributed by atoms with Gasteiger partial charge in [-0.2, -0.15) is 0 Å². The molecule has 0 aliphatic carbocycles. The van der Waals surface area contributed by atoms with Crippen LogP contribution in [0, 0.1) is 12.7 Å². The number of piperazine rings is 1. The Balaban J connectivity index is 1.40. The number of benzene rings is 2. The number of pyridine rings is 1. The van der Waals surface area contributed by atoms with Crippen molar-refractivity contribution in [3.8, 4) is 0 Å². The third-order valence-corrected chi connectivity index (χ3v) is 5.12. The number of nitrogens with one attached hydrogen (secondary N) is 1. The van der Waals surface area contributed by atoms with Crippen LogP contribution in [-0.2, 0) is 0 Å². The fourth-order valence-corrected chi connectivity index (χ4v) is 3.45. The summed E-state index contributed by atoms with van der Waals surface area (Å²) < 4.78 is 13.1. The molecule has 1 fully saturated rings. The molecule has 0 saturated carbocycles. The normalized spacial score (nSPS) is 14.0. The highest BCUT2D eigenvalue weighted by Crippen LogP contribution is 2.21. The van der Waals surface area contributed by atoms with E-state index in [1.54, 1.807) is 6.20 Å². The maximum absolute atomic E-state index is 13.1. The van der Waals surface area contributed by atoms with Crippen molar-refractivity contribution >= 4 is 23.0 Å². The molecule has 4 rings (SSSR count). The molecule has 2 aromatic carbocycles. The van der Waals surface area contributed by atoms with E-state index >= 15 is 0 Å². The first-order valence-corrected chi connectivity index (χ1v) is 9.68. The molecule has 5 nitrogen and oxygen atoms in total. The van der Waals surface area contributed by atoms with Crippen molar-refractivity contribution in [3.05, 3.63) is 83.9 Å². The van der Waals surface area contributed by atoms with Gasteiger partial charge in [-0.25, -0.2) is 4.39 Å². The lowest BCUT2D eigenvalue weighted by Crippen LogP contribution is -2.46. The highest BCUT2D eigenvalue weighted by atomic mass is 19.1. The zero-order valence-electron chi connectivity index (χ0n) is 16.3. The van der Waals surface area contributed by atoms with Crippen LogP contribution in [0.3, 0.4) is 0 Å². The van der Waals surface area contributed by atoms with E-state index in [4.69, 9.17) is 0 Å². The number of carbonyl (C=O) groups is 1. The van der Waals surface area contributed by atoms with Crippen LogP contribution in [0.1, 0.15) is 16.1 Å². The second-order valence-electron chi connectivity index (χ2n) is 7.17. The lowest BCUT2D eigenvalue weighted by Gasteiger charge is -2.37. The average Bonchev–Trinajstić information content (AvgIpc) is 2.76. The fourth-order valence-electron chi connectivity index (χ4n) is 3.45. The first-order valence-electron chi connectivity index (χ1n) is 9.68. The minimum atomic E-state index is -0.222. The molecule has 2 heterocycles. The number of carbonyl (C=O) groups excluding carboxylic acids is 1. The summed E-state index contributed by atoms with van der Waals surface area (Å²) in [5, 5.41) is 2.89. The van der Waals surface area contributed by atoms with Gasteiger partial charge in [0.25, 0.3) is 5.91 Å². The van der Waals surface area contributed by atoms with E-state index in [-0.39, 0.29) is 11.7 Å². The fraction of sp³-hybridized carbons (Fsp3) is 0.217. The number of nitrogens with zero attached hydrogens (tertiary/aromatic N) is 3. The van der Waals surface area contributed by atoms with Gasteiger partial charge in [0.05, 0.1) is 0 Å². The Morgan fingerprint density at radius 1 is 0.897 bits per heavy atom. The molecule has 148 valence electrons. The molecular weight excluding hydrogens is 367 g/mol. The van der Waals surface area contributed by atoms with Crippen molar-refractivity contribution in [1.82, 2.24) is 4.98 Å². The number of hydrogen-bond acceptors (Lipinski definition) is 4. The van der Waals surface area contributed by atoms with Crippen LogP contribution in [0.25, 0.3) is 0 Å². The van der Waals surface area contributed by atoms with E-state index in [1.165, 1.54) is 12.1 Å². The third-order valence-electron chi connectivity index (χ3n) is 5.12. The SMILES string of the molecule is Cc1ccc(NC(=O)c2cc(N3CCN(c4ccc(F)cc4)CC3)ccn2)cc1. The summed E-state index contributed by atoms with van der Waals surface area (Å²) in [5.74, 6) is -0.443. The van der Waals surface area contributed by atoms with Gasteiger partial charge in [0.2, 0.25) is 0 Å². The van der Waals surface area contributed by atoms with Gasteiger partial charge < -0.3 is 15.1 Å². The van der Waals surface area contributed by atoms with E-state index in [1.807, 2.05) is 55.5 Å². The quantitative estimate of drug-likeness (QED) is 0.728. The first kappa shape index (κ1) is 18.9. The van der Waals surface area contributed by atoms with E-state index in [0.717, 1.165) is 48.8 Å². The topological polar surface area (TPSA) is 48.5 Å². The molecule has 0 unspecified atom stereocenters. The molecular formula is C23H23FN4O. The molecule has 0 bridgehead atoms. The largest absolute Gasteiger partial charge is 0.368 e. The molecule has 1 aromatic heterocycles. The predicted molar refractivity (Wildman–Crippen MR) is 114 cm³/mol. The van der Waals surface area contributed by atoms with Crippen LogP contribution < -0.4 is 15.1 Å². The Hall–Kier alpha value is -3.41. The molecule has 1 aliphatic heterocycles. The first-order chi connectivity index (χ1) is 14.1. The Morgan fingerprint density at radius 2 is 1.52 bits per heavy atom. The Bertz CT molecular complexity index is 981. The van der Waals surface area contributed by atoms with E-state index < -0.39 is 0 Å². The minimum absolute atomic E-state index is 0.222. The summed E-state index contributed by atoms with van der Waals surface area (Å²) in [6.07, 6.45) is 1.67. The minimum Gasteiger partial charge on any atom is -0.368 e. The van der Waals surface area contributed by atoms with Crippen molar-refractivity contribution in [2.75, 3.05) is 41.3 Å². The number of halogens is 1. The van der Waals surface area contributed by atoms with Gasteiger partial charge >= 0.3 is 0 Å². The van der Waals surface area contributed by atoms with Gasteiger partial charge in [-0.15, -0.1) is 0 Å². The monoisotopic (exact) mass is 390 g/mol. The zero-order valence-corrected chi connectivity index (χ0v) is 16.3. The highest BCUT2D eigenvalue weighted by Gasteiger charge is 2.19. The van der Waals surface area contributed by atoms with Crippen LogP contribution in [0.15, 0.2) is 66.9 Å². The van der Waals surface area contributed by atoms with Crippen LogP contribution in [0.2, 0.25) is 0 Å². The second-order valence-corrected chi connectivity index (χ2v) is 7.17. The Kier molecular flexibility index (Phi) is 5.42. The maximum Gasteiger partial charge on any atom is 0.274 e.